The zero-order valence-corrected chi connectivity index (χ0v) is 14.8. The molecule has 2 amide bonds. The maximum atomic E-state index is 11.6. The normalized spacial score (nSPS) is 16.8. The van der Waals surface area contributed by atoms with Crippen molar-refractivity contribution in [3.8, 4) is 5.75 Å². The third-order valence-corrected chi connectivity index (χ3v) is 5.39. The lowest BCUT2D eigenvalue weighted by Crippen LogP contribution is -2.24. The van der Waals surface area contributed by atoms with Crippen molar-refractivity contribution in [1.82, 2.24) is 10.3 Å². The van der Waals surface area contributed by atoms with Crippen molar-refractivity contribution in [2.24, 2.45) is 0 Å². The molecule has 1 atom stereocenters. The number of carbonyl (C=O) groups is 2. The van der Waals surface area contributed by atoms with E-state index in [1.165, 1.54) is 0 Å². The molecule has 2 N–H and O–H groups in total. The highest BCUT2D eigenvalue weighted by atomic mass is 32.2. The fourth-order valence-corrected chi connectivity index (χ4v) is 3.82. The van der Waals surface area contributed by atoms with Gasteiger partial charge in [-0.3, -0.25) is 14.9 Å². The Labute approximate surface area is 155 Å². The quantitative estimate of drug-likeness (QED) is 0.691. The molecule has 1 aliphatic rings. The molecule has 0 spiro atoms. The minimum Gasteiger partial charge on any atom is -0.489 e. The zero-order valence-electron chi connectivity index (χ0n) is 14.0. The minimum atomic E-state index is -0.293. The van der Waals surface area contributed by atoms with Crippen molar-refractivity contribution >= 4 is 33.8 Å². The lowest BCUT2D eigenvalue weighted by Gasteiger charge is -2.06. The second-order valence-electron chi connectivity index (χ2n) is 6.24. The van der Waals surface area contributed by atoms with E-state index in [9.17, 15) is 9.59 Å². The van der Waals surface area contributed by atoms with E-state index in [4.69, 9.17) is 4.74 Å². The van der Waals surface area contributed by atoms with Crippen LogP contribution in [0.2, 0.25) is 0 Å². The van der Waals surface area contributed by atoms with Crippen LogP contribution in [0.3, 0.4) is 0 Å². The van der Waals surface area contributed by atoms with E-state index in [0.29, 0.717) is 19.4 Å². The van der Waals surface area contributed by atoms with Gasteiger partial charge in [-0.15, -0.1) is 0 Å². The summed E-state index contributed by atoms with van der Waals surface area (Å²) in [6.45, 7) is 0.530. The molecule has 0 saturated carbocycles. The number of amides is 2. The molecule has 1 saturated heterocycles. The standard InChI is InChI=1S/C20H18N2O3S/c23-19-18(26-20(24)22-19)9-7-15-10-14-6-8-16(11-17(14)21-15)25-12-13-4-2-1-3-5-13/h1-6,8,10-11,18,21H,7,9,12H2,(H,22,23,24). The first-order chi connectivity index (χ1) is 12.7. The summed E-state index contributed by atoms with van der Waals surface area (Å²) in [6, 6.07) is 18.1. The Morgan fingerprint density at radius 1 is 1.04 bits per heavy atom. The lowest BCUT2D eigenvalue weighted by atomic mass is 10.1. The van der Waals surface area contributed by atoms with Gasteiger partial charge in [-0.1, -0.05) is 42.1 Å². The maximum absolute atomic E-state index is 11.6. The first-order valence-electron chi connectivity index (χ1n) is 8.47. The van der Waals surface area contributed by atoms with Crippen molar-refractivity contribution in [3.63, 3.8) is 0 Å². The fourth-order valence-electron chi connectivity index (χ4n) is 3.00. The van der Waals surface area contributed by atoms with Gasteiger partial charge >= 0.3 is 0 Å². The number of hydrogen-bond donors (Lipinski definition) is 2. The van der Waals surface area contributed by atoms with E-state index in [1.54, 1.807) is 0 Å². The second kappa shape index (κ2) is 7.25. The summed E-state index contributed by atoms with van der Waals surface area (Å²) >= 11 is 1.07. The van der Waals surface area contributed by atoms with Crippen molar-refractivity contribution in [2.75, 3.05) is 0 Å². The molecule has 1 aromatic heterocycles. The Bertz CT molecular complexity index is 952. The number of rotatable bonds is 6. The number of imide groups is 1. The molecule has 0 aliphatic carbocycles. The van der Waals surface area contributed by atoms with Crippen LogP contribution in [0, 0.1) is 0 Å². The van der Waals surface area contributed by atoms with E-state index in [0.717, 1.165) is 39.7 Å². The highest BCUT2D eigenvalue weighted by Gasteiger charge is 2.31. The van der Waals surface area contributed by atoms with Gasteiger partial charge in [0.25, 0.3) is 5.24 Å². The summed E-state index contributed by atoms with van der Waals surface area (Å²) in [7, 11) is 0. The van der Waals surface area contributed by atoms with Crippen LogP contribution in [-0.4, -0.2) is 21.4 Å². The maximum Gasteiger partial charge on any atom is 0.286 e. The number of thioether (sulfide) groups is 1. The third-order valence-electron chi connectivity index (χ3n) is 4.34. The first kappa shape index (κ1) is 16.7. The van der Waals surface area contributed by atoms with Gasteiger partial charge in [0, 0.05) is 17.3 Å². The molecule has 0 radical (unpaired) electrons. The van der Waals surface area contributed by atoms with E-state index < -0.39 is 0 Å². The van der Waals surface area contributed by atoms with Crippen molar-refractivity contribution in [2.45, 2.75) is 24.7 Å². The number of hydrogen-bond acceptors (Lipinski definition) is 4. The number of aryl methyl sites for hydroxylation is 1. The predicted molar refractivity (Wildman–Crippen MR) is 102 cm³/mol. The Kier molecular flexibility index (Phi) is 4.67. The molecule has 5 nitrogen and oxygen atoms in total. The number of carbonyl (C=O) groups excluding carboxylic acids is 2. The number of fused-ring (bicyclic) bond motifs is 1. The average Bonchev–Trinajstić information content (AvgIpc) is 3.20. The van der Waals surface area contributed by atoms with Gasteiger partial charge in [-0.25, -0.2) is 0 Å². The molecule has 2 heterocycles. The van der Waals surface area contributed by atoms with Crippen LogP contribution in [0.5, 0.6) is 5.75 Å². The van der Waals surface area contributed by atoms with Crippen molar-refractivity contribution in [1.29, 1.82) is 0 Å². The van der Waals surface area contributed by atoms with Crippen molar-refractivity contribution in [3.05, 3.63) is 65.9 Å². The number of nitrogens with one attached hydrogen (secondary N) is 2. The largest absolute Gasteiger partial charge is 0.489 e. The monoisotopic (exact) mass is 366 g/mol. The molecule has 1 fully saturated rings. The molecule has 2 aromatic carbocycles. The molecule has 1 unspecified atom stereocenters. The van der Waals surface area contributed by atoms with Gasteiger partial charge in [0.2, 0.25) is 5.91 Å². The molecule has 6 heteroatoms. The summed E-state index contributed by atoms with van der Waals surface area (Å²) in [5.41, 5.74) is 3.18. The molecule has 26 heavy (non-hydrogen) atoms. The summed E-state index contributed by atoms with van der Waals surface area (Å²) in [5, 5.41) is 2.88. The Morgan fingerprint density at radius 2 is 1.88 bits per heavy atom. The fraction of sp³-hybridized carbons (Fsp3) is 0.200. The van der Waals surface area contributed by atoms with Crippen LogP contribution >= 0.6 is 11.8 Å². The van der Waals surface area contributed by atoms with E-state index in [-0.39, 0.29) is 16.4 Å². The van der Waals surface area contributed by atoms with E-state index in [2.05, 4.69) is 16.4 Å². The minimum absolute atomic E-state index is 0.187. The molecule has 4 rings (SSSR count). The molecular formula is C20H18N2O3S. The topological polar surface area (TPSA) is 71.2 Å². The smallest absolute Gasteiger partial charge is 0.286 e. The Hall–Kier alpha value is -2.73. The van der Waals surface area contributed by atoms with E-state index >= 15 is 0 Å². The van der Waals surface area contributed by atoms with Crippen LogP contribution in [-0.2, 0) is 17.8 Å². The average molecular weight is 366 g/mol. The molecular weight excluding hydrogens is 348 g/mol. The molecule has 3 aromatic rings. The number of benzene rings is 2. The molecule has 132 valence electrons. The Balaban J connectivity index is 1.40. The van der Waals surface area contributed by atoms with Gasteiger partial charge in [0.1, 0.15) is 12.4 Å². The van der Waals surface area contributed by atoms with E-state index in [1.807, 2.05) is 48.5 Å². The molecule has 0 bridgehead atoms. The number of H-pyrrole nitrogens is 1. The second-order valence-corrected chi connectivity index (χ2v) is 7.42. The van der Waals surface area contributed by atoms with Gasteiger partial charge < -0.3 is 9.72 Å². The van der Waals surface area contributed by atoms with Crippen LogP contribution in [0.1, 0.15) is 17.7 Å². The third kappa shape index (κ3) is 3.75. The van der Waals surface area contributed by atoms with Gasteiger partial charge in [-0.2, -0.15) is 0 Å². The lowest BCUT2D eigenvalue weighted by molar-refractivity contribution is -0.119. The summed E-state index contributed by atoms with van der Waals surface area (Å²) in [6.07, 6.45) is 1.35. The van der Waals surface area contributed by atoms with Gasteiger partial charge in [0.15, 0.2) is 0 Å². The summed E-state index contributed by atoms with van der Waals surface area (Å²) in [4.78, 5) is 26.2. The highest BCUT2D eigenvalue weighted by molar-refractivity contribution is 8.15. The predicted octanol–water partition coefficient (Wildman–Crippen LogP) is 4.03. The Morgan fingerprint density at radius 3 is 2.65 bits per heavy atom. The first-order valence-corrected chi connectivity index (χ1v) is 9.35. The summed E-state index contributed by atoms with van der Waals surface area (Å²) < 4.78 is 5.86. The highest BCUT2D eigenvalue weighted by Crippen LogP contribution is 2.26. The molecule has 1 aliphatic heterocycles. The number of aromatic nitrogens is 1. The zero-order chi connectivity index (χ0) is 17.9. The summed E-state index contributed by atoms with van der Waals surface area (Å²) in [5.74, 6) is 0.624. The van der Waals surface area contributed by atoms with Gasteiger partial charge in [-0.05, 0) is 42.0 Å². The number of ether oxygens (including phenoxy) is 1. The number of aromatic amines is 1. The SMILES string of the molecule is O=C1NC(=O)C(CCc2cc3ccc(OCc4ccccc4)cc3[nH]2)S1. The van der Waals surface area contributed by atoms with Crippen LogP contribution in [0.25, 0.3) is 10.9 Å². The van der Waals surface area contributed by atoms with Gasteiger partial charge in [0.05, 0.1) is 5.25 Å². The van der Waals surface area contributed by atoms with Crippen LogP contribution < -0.4 is 10.1 Å². The van der Waals surface area contributed by atoms with Crippen LogP contribution in [0.4, 0.5) is 4.79 Å². The van der Waals surface area contributed by atoms with Crippen LogP contribution in [0.15, 0.2) is 54.6 Å². The van der Waals surface area contributed by atoms with Crippen molar-refractivity contribution < 1.29 is 14.3 Å².